The summed E-state index contributed by atoms with van der Waals surface area (Å²) >= 11 is 0. The molecule has 3 aromatic rings. The first-order chi connectivity index (χ1) is 15.2. The minimum atomic E-state index is -0.434. The summed E-state index contributed by atoms with van der Waals surface area (Å²) in [6.07, 6.45) is 1.07. The van der Waals surface area contributed by atoms with Gasteiger partial charge in [0.15, 0.2) is 5.78 Å². The van der Waals surface area contributed by atoms with Crippen LogP contribution in [0, 0.1) is 0 Å². The number of carbonyl (C=O) groups is 1. The third-order valence-electron chi connectivity index (χ3n) is 5.87. The second-order valence-electron chi connectivity index (χ2n) is 7.60. The van der Waals surface area contributed by atoms with Crippen LogP contribution in [0.5, 0.6) is 11.5 Å². The number of para-hydroxylation sites is 1. The lowest BCUT2D eigenvalue weighted by Gasteiger charge is -2.30. The van der Waals surface area contributed by atoms with E-state index in [4.69, 9.17) is 14.1 Å². The number of aromatic nitrogens is 2. The van der Waals surface area contributed by atoms with Gasteiger partial charge in [-0.3, -0.25) is 4.79 Å². The highest BCUT2D eigenvalue weighted by Crippen LogP contribution is 2.45. The van der Waals surface area contributed by atoms with Crippen molar-refractivity contribution in [3.05, 3.63) is 70.9 Å². The Balaban J connectivity index is 1.58. The van der Waals surface area contributed by atoms with Crippen molar-refractivity contribution in [1.29, 1.82) is 0 Å². The maximum Gasteiger partial charge on any atom is 0.219 e. The lowest BCUT2D eigenvalue weighted by Crippen LogP contribution is -2.27. The molecule has 2 heterocycles. The Morgan fingerprint density at radius 1 is 0.968 bits per heavy atom. The molecule has 8 nitrogen and oxygen atoms in total. The van der Waals surface area contributed by atoms with Crippen LogP contribution in [0.4, 0.5) is 11.6 Å². The molecule has 2 atom stereocenters. The number of methoxy groups -OCH3 is 2. The minimum absolute atomic E-state index is 0.0457. The molecule has 0 saturated heterocycles. The number of allylic oxidation sites excluding steroid dienone is 1. The zero-order chi connectivity index (χ0) is 21.4. The Morgan fingerprint density at radius 2 is 1.74 bits per heavy atom. The highest BCUT2D eigenvalue weighted by atomic mass is 16.6. The molecule has 0 saturated carbocycles. The Labute approximate surface area is 179 Å². The van der Waals surface area contributed by atoms with Crippen LogP contribution in [0.1, 0.15) is 35.9 Å². The molecule has 2 aliphatic rings. The molecule has 0 bridgehead atoms. The van der Waals surface area contributed by atoms with Gasteiger partial charge in [-0.1, -0.05) is 30.3 Å². The number of nitrogens with zero attached hydrogens (tertiary/aromatic N) is 2. The Morgan fingerprint density at radius 3 is 2.52 bits per heavy atom. The van der Waals surface area contributed by atoms with Crippen molar-refractivity contribution in [3.8, 4) is 11.5 Å². The van der Waals surface area contributed by atoms with Gasteiger partial charge < -0.3 is 20.1 Å². The Kier molecular flexibility index (Phi) is 4.82. The van der Waals surface area contributed by atoms with Crippen LogP contribution in [-0.4, -0.2) is 30.3 Å². The molecule has 1 aromatic heterocycles. The molecule has 31 heavy (non-hydrogen) atoms. The first-order valence-electron chi connectivity index (χ1n) is 10.1. The number of benzene rings is 2. The van der Waals surface area contributed by atoms with Gasteiger partial charge in [0.2, 0.25) is 11.6 Å². The van der Waals surface area contributed by atoms with Crippen molar-refractivity contribution in [1.82, 2.24) is 10.3 Å². The van der Waals surface area contributed by atoms with Crippen molar-refractivity contribution in [3.63, 3.8) is 0 Å². The van der Waals surface area contributed by atoms with Gasteiger partial charge in [-0.2, -0.15) is 0 Å². The largest absolute Gasteiger partial charge is 0.497 e. The molecule has 0 spiro atoms. The number of ketones is 1. The van der Waals surface area contributed by atoms with Crippen LogP contribution >= 0.6 is 0 Å². The highest BCUT2D eigenvalue weighted by molar-refractivity contribution is 6.01. The number of fused-ring (bicyclic) bond motifs is 1. The smallest absolute Gasteiger partial charge is 0.219 e. The summed E-state index contributed by atoms with van der Waals surface area (Å²) in [6, 6.07) is 15.1. The van der Waals surface area contributed by atoms with Gasteiger partial charge in [-0.15, -0.1) is 0 Å². The summed E-state index contributed by atoms with van der Waals surface area (Å²) < 4.78 is 15.8. The number of Topliss-reactive ketones (excluding diaryl/α,β-unsaturated/α-hetero) is 1. The molecule has 0 radical (unpaired) electrons. The Bertz CT molecular complexity index is 1150. The fourth-order valence-corrected chi connectivity index (χ4v) is 4.35. The topological polar surface area (TPSA) is 98.5 Å². The molecular formula is C23H22N4O4. The first kappa shape index (κ1) is 19.2. The lowest BCUT2D eigenvalue weighted by atomic mass is 9.78. The SMILES string of the molecule is COc1ccc([C@H]2CC(=O)C3=C(C2)Nc2nonc2N[C@@H]3c2ccccc2OC)cc1. The van der Waals surface area contributed by atoms with E-state index in [1.807, 2.05) is 48.5 Å². The fourth-order valence-electron chi connectivity index (χ4n) is 4.35. The van der Waals surface area contributed by atoms with E-state index < -0.39 is 6.04 Å². The zero-order valence-electron chi connectivity index (χ0n) is 17.2. The average Bonchev–Trinajstić information content (AvgIpc) is 3.17. The van der Waals surface area contributed by atoms with Gasteiger partial charge in [-0.25, -0.2) is 4.63 Å². The molecule has 2 N–H and O–H groups in total. The summed E-state index contributed by atoms with van der Waals surface area (Å²) in [5, 5.41) is 14.6. The van der Waals surface area contributed by atoms with E-state index in [0.29, 0.717) is 35.8 Å². The number of anilines is 2. The molecule has 2 aromatic carbocycles. The monoisotopic (exact) mass is 418 g/mol. The van der Waals surface area contributed by atoms with Crippen molar-refractivity contribution < 1.29 is 18.9 Å². The molecule has 5 rings (SSSR count). The van der Waals surface area contributed by atoms with Crippen LogP contribution in [0.15, 0.2) is 64.4 Å². The Hall–Kier alpha value is -3.81. The third-order valence-corrected chi connectivity index (χ3v) is 5.87. The van der Waals surface area contributed by atoms with E-state index in [1.165, 1.54) is 0 Å². The number of carbonyl (C=O) groups excluding carboxylic acids is 1. The van der Waals surface area contributed by atoms with E-state index in [1.54, 1.807) is 14.2 Å². The van der Waals surface area contributed by atoms with Crippen LogP contribution in [0.3, 0.4) is 0 Å². The van der Waals surface area contributed by atoms with Crippen molar-refractivity contribution in [2.75, 3.05) is 24.9 Å². The van der Waals surface area contributed by atoms with Crippen molar-refractivity contribution >= 4 is 17.4 Å². The molecule has 0 unspecified atom stereocenters. The lowest BCUT2D eigenvalue weighted by molar-refractivity contribution is -0.116. The first-order valence-corrected chi connectivity index (χ1v) is 10.1. The van der Waals surface area contributed by atoms with E-state index in [2.05, 4.69) is 20.9 Å². The van der Waals surface area contributed by atoms with Crippen molar-refractivity contribution in [2.24, 2.45) is 0 Å². The average molecular weight is 418 g/mol. The van der Waals surface area contributed by atoms with Crippen molar-refractivity contribution in [2.45, 2.75) is 24.8 Å². The zero-order valence-corrected chi connectivity index (χ0v) is 17.2. The predicted molar refractivity (Wildman–Crippen MR) is 114 cm³/mol. The quantitative estimate of drug-likeness (QED) is 0.654. The number of nitrogens with one attached hydrogen (secondary N) is 2. The van der Waals surface area contributed by atoms with Gasteiger partial charge in [-0.05, 0) is 46.4 Å². The summed E-state index contributed by atoms with van der Waals surface area (Å²) in [5.74, 6) is 2.52. The van der Waals surface area contributed by atoms with E-state index in [9.17, 15) is 4.79 Å². The minimum Gasteiger partial charge on any atom is -0.497 e. The molecule has 1 aliphatic heterocycles. The fraction of sp³-hybridized carbons (Fsp3) is 0.261. The number of rotatable bonds is 4. The third kappa shape index (κ3) is 3.39. The van der Waals surface area contributed by atoms with E-state index >= 15 is 0 Å². The molecule has 0 fully saturated rings. The second kappa shape index (κ2) is 7.79. The standard InChI is InChI=1S/C23H22N4O4/c1-29-15-9-7-13(8-10-15)14-11-17-20(18(28)12-14)21(16-5-3-4-6-19(16)30-2)25-23-22(24-17)26-31-27-23/h3-10,14,21H,11-12H2,1-2H3,(H,24,26)(H,25,27)/t14-,21-/m1/s1. The normalized spacial score (nSPS) is 20.1. The maximum atomic E-state index is 13.5. The van der Waals surface area contributed by atoms with Gasteiger partial charge in [0.05, 0.1) is 20.3 Å². The van der Waals surface area contributed by atoms with Crippen LogP contribution in [0.2, 0.25) is 0 Å². The van der Waals surface area contributed by atoms with Crippen LogP contribution in [0.25, 0.3) is 0 Å². The molecule has 158 valence electrons. The molecule has 0 amide bonds. The predicted octanol–water partition coefficient (Wildman–Crippen LogP) is 4.07. The van der Waals surface area contributed by atoms with E-state index in [-0.39, 0.29) is 11.7 Å². The summed E-state index contributed by atoms with van der Waals surface area (Å²) in [5.41, 5.74) is 3.43. The molecule has 1 aliphatic carbocycles. The van der Waals surface area contributed by atoms with Gasteiger partial charge >= 0.3 is 0 Å². The molecule has 8 heteroatoms. The van der Waals surface area contributed by atoms with Crippen LogP contribution < -0.4 is 20.1 Å². The van der Waals surface area contributed by atoms with Gasteiger partial charge in [0.25, 0.3) is 0 Å². The number of ether oxygens (including phenoxy) is 2. The second-order valence-corrected chi connectivity index (χ2v) is 7.60. The number of hydrogen-bond donors (Lipinski definition) is 2. The summed E-state index contributed by atoms with van der Waals surface area (Å²) in [6.45, 7) is 0. The van der Waals surface area contributed by atoms with Gasteiger partial charge in [0.1, 0.15) is 11.5 Å². The van der Waals surface area contributed by atoms with Crippen LogP contribution in [-0.2, 0) is 4.79 Å². The van der Waals surface area contributed by atoms with E-state index in [0.717, 1.165) is 22.6 Å². The molecular weight excluding hydrogens is 396 g/mol. The number of hydrogen-bond acceptors (Lipinski definition) is 8. The highest BCUT2D eigenvalue weighted by Gasteiger charge is 2.38. The summed E-state index contributed by atoms with van der Waals surface area (Å²) in [7, 11) is 3.26. The summed E-state index contributed by atoms with van der Waals surface area (Å²) in [4.78, 5) is 13.5. The maximum absolute atomic E-state index is 13.5. The van der Waals surface area contributed by atoms with Gasteiger partial charge in [0, 0.05) is 23.3 Å².